The molecule has 40 heavy (non-hydrogen) atoms. The van der Waals surface area contributed by atoms with Crippen LogP contribution in [-0.4, -0.2) is 75.2 Å². The molecule has 1 N–H and O–H groups in total. The number of piperidine rings is 1. The van der Waals surface area contributed by atoms with Crippen LogP contribution in [0.3, 0.4) is 0 Å². The van der Waals surface area contributed by atoms with E-state index in [2.05, 4.69) is 9.88 Å². The normalized spacial score (nSPS) is 32.0. The number of aliphatic hydroxyl groups excluding tert-OH is 1. The van der Waals surface area contributed by atoms with Crippen molar-refractivity contribution in [2.24, 2.45) is 11.8 Å². The molecule has 0 amide bonds. The van der Waals surface area contributed by atoms with E-state index in [9.17, 15) is 18.3 Å². The molecule has 1 aliphatic carbocycles. The van der Waals surface area contributed by atoms with E-state index in [4.69, 9.17) is 19.4 Å². The molecule has 2 aromatic heterocycles. The third kappa shape index (κ3) is 6.39. The molecule has 6 rings (SSSR count). The summed E-state index contributed by atoms with van der Waals surface area (Å²) >= 11 is 0. The first-order chi connectivity index (χ1) is 19.2. The van der Waals surface area contributed by atoms with Gasteiger partial charge in [-0.3, -0.25) is 4.90 Å². The van der Waals surface area contributed by atoms with Crippen LogP contribution in [0.5, 0.6) is 5.88 Å². The molecule has 5 atom stereocenters. The summed E-state index contributed by atoms with van der Waals surface area (Å²) in [6.07, 6.45) is 6.97. The van der Waals surface area contributed by atoms with Gasteiger partial charge in [0, 0.05) is 56.0 Å². The van der Waals surface area contributed by atoms with Gasteiger partial charge in [0.2, 0.25) is 5.88 Å². The monoisotopic (exact) mass is 562 g/mol. The van der Waals surface area contributed by atoms with Gasteiger partial charge < -0.3 is 14.6 Å². The van der Waals surface area contributed by atoms with E-state index in [-0.39, 0.29) is 24.5 Å². The number of halogens is 3. The lowest BCUT2D eigenvalue weighted by atomic mass is 9.82. The van der Waals surface area contributed by atoms with Crippen LogP contribution in [0.1, 0.15) is 88.4 Å². The van der Waals surface area contributed by atoms with Crippen LogP contribution in [0.2, 0.25) is 0 Å². The average molecular weight is 563 g/mol. The van der Waals surface area contributed by atoms with Crippen molar-refractivity contribution in [1.82, 2.24) is 19.9 Å². The molecule has 3 saturated heterocycles. The molecule has 2 aromatic rings. The van der Waals surface area contributed by atoms with Gasteiger partial charge in [0.05, 0.1) is 23.6 Å². The highest BCUT2D eigenvalue weighted by molar-refractivity contribution is 5.85. The highest BCUT2D eigenvalue weighted by atomic mass is 19.4. The average Bonchev–Trinajstić information content (AvgIpc) is 3.49. The predicted molar refractivity (Wildman–Crippen MR) is 144 cm³/mol. The van der Waals surface area contributed by atoms with Gasteiger partial charge in [0.1, 0.15) is 11.9 Å². The van der Waals surface area contributed by atoms with Crippen molar-refractivity contribution in [2.75, 3.05) is 19.8 Å². The van der Waals surface area contributed by atoms with Crippen LogP contribution < -0.4 is 4.74 Å². The predicted octanol–water partition coefficient (Wildman–Crippen LogP) is 5.59. The lowest BCUT2D eigenvalue weighted by Gasteiger charge is -2.39. The highest BCUT2D eigenvalue weighted by Crippen LogP contribution is 2.41. The molecule has 3 aliphatic heterocycles. The fourth-order valence-corrected chi connectivity index (χ4v) is 7.51. The van der Waals surface area contributed by atoms with Crippen molar-refractivity contribution >= 4 is 10.9 Å². The summed E-state index contributed by atoms with van der Waals surface area (Å²) in [7, 11) is 0. The minimum Gasteiger partial charge on any atom is -0.474 e. The Morgan fingerprint density at radius 2 is 1.80 bits per heavy atom. The Morgan fingerprint density at radius 3 is 2.48 bits per heavy atom. The maximum atomic E-state index is 13.0. The number of rotatable bonds is 8. The SMILES string of the molecule is C[C@H](Cc1ncc2c(OC3C[C@H]4CC[C@@H](C3)N4C[C@H]3CCOC3)ncc(C3CCC(O)CC3)c2n1)CC(F)(F)F. The van der Waals surface area contributed by atoms with E-state index in [1.165, 1.54) is 12.8 Å². The summed E-state index contributed by atoms with van der Waals surface area (Å²) in [5, 5.41) is 10.8. The number of hydrogen-bond donors (Lipinski definition) is 1. The quantitative estimate of drug-likeness (QED) is 0.450. The first kappa shape index (κ1) is 28.1. The third-order valence-electron chi connectivity index (χ3n) is 9.52. The number of aliphatic hydroxyl groups is 1. The van der Waals surface area contributed by atoms with Gasteiger partial charge in [-0.25, -0.2) is 15.0 Å². The minimum atomic E-state index is -4.21. The van der Waals surface area contributed by atoms with Crippen LogP contribution in [0, 0.1) is 11.8 Å². The molecule has 1 saturated carbocycles. The van der Waals surface area contributed by atoms with Gasteiger partial charge in [0.25, 0.3) is 0 Å². The van der Waals surface area contributed by atoms with Gasteiger partial charge in [-0.15, -0.1) is 0 Å². The number of aromatic nitrogens is 3. The van der Waals surface area contributed by atoms with Gasteiger partial charge in [-0.2, -0.15) is 13.2 Å². The van der Waals surface area contributed by atoms with Crippen molar-refractivity contribution < 1.29 is 27.8 Å². The topological polar surface area (TPSA) is 80.6 Å². The molecule has 220 valence electrons. The number of hydrogen-bond acceptors (Lipinski definition) is 7. The molecule has 0 spiro atoms. The molecule has 0 aromatic carbocycles. The smallest absolute Gasteiger partial charge is 0.389 e. The Morgan fingerprint density at radius 1 is 1.05 bits per heavy atom. The molecule has 2 bridgehead atoms. The summed E-state index contributed by atoms with van der Waals surface area (Å²) in [4.78, 5) is 16.8. The zero-order valence-corrected chi connectivity index (χ0v) is 23.3. The molecular weight excluding hydrogens is 521 g/mol. The second-order valence-corrected chi connectivity index (χ2v) is 12.7. The van der Waals surface area contributed by atoms with Crippen LogP contribution in [0.25, 0.3) is 10.9 Å². The van der Waals surface area contributed by atoms with Crippen LogP contribution >= 0.6 is 0 Å². The van der Waals surface area contributed by atoms with E-state index in [1.807, 2.05) is 6.20 Å². The van der Waals surface area contributed by atoms with E-state index < -0.39 is 18.5 Å². The summed E-state index contributed by atoms with van der Waals surface area (Å²) in [6.45, 7) is 4.44. The van der Waals surface area contributed by atoms with Crippen molar-refractivity contribution in [3.8, 4) is 5.88 Å². The van der Waals surface area contributed by atoms with Crippen molar-refractivity contribution in [1.29, 1.82) is 0 Å². The zero-order chi connectivity index (χ0) is 27.9. The van der Waals surface area contributed by atoms with Crippen LogP contribution in [-0.2, 0) is 11.2 Å². The van der Waals surface area contributed by atoms with Gasteiger partial charge in [-0.05, 0) is 75.5 Å². The number of pyridine rings is 1. The molecule has 0 radical (unpaired) electrons. The van der Waals surface area contributed by atoms with Crippen LogP contribution in [0.4, 0.5) is 13.2 Å². The number of nitrogens with zero attached hydrogens (tertiary/aromatic N) is 4. The summed E-state index contributed by atoms with van der Waals surface area (Å²) in [5.41, 5.74) is 1.72. The number of alkyl halides is 3. The zero-order valence-electron chi connectivity index (χ0n) is 23.3. The summed E-state index contributed by atoms with van der Waals surface area (Å²) in [6, 6.07) is 1.03. The maximum Gasteiger partial charge on any atom is 0.389 e. The van der Waals surface area contributed by atoms with Crippen molar-refractivity contribution in [3.63, 3.8) is 0 Å². The van der Waals surface area contributed by atoms with Crippen molar-refractivity contribution in [2.45, 2.75) is 114 Å². The molecule has 1 unspecified atom stereocenters. The Labute approximate surface area is 233 Å². The third-order valence-corrected chi connectivity index (χ3v) is 9.52. The summed E-state index contributed by atoms with van der Waals surface area (Å²) < 4.78 is 51.1. The molecule has 7 nitrogen and oxygen atoms in total. The number of fused-ring (bicyclic) bond motifs is 3. The second-order valence-electron chi connectivity index (χ2n) is 12.7. The molecule has 10 heteroatoms. The Bertz CT molecular complexity index is 1150. The van der Waals surface area contributed by atoms with Crippen LogP contribution in [0.15, 0.2) is 12.4 Å². The lowest BCUT2D eigenvalue weighted by Crippen LogP contribution is -2.48. The minimum absolute atomic E-state index is 0.0615. The fourth-order valence-electron chi connectivity index (χ4n) is 7.51. The molecule has 4 fully saturated rings. The first-order valence-corrected chi connectivity index (χ1v) is 15.1. The van der Waals surface area contributed by atoms with Gasteiger partial charge in [0.15, 0.2) is 0 Å². The van der Waals surface area contributed by atoms with E-state index in [0.717, 1.165) is 81.2 Å². The molecule has 5 heterocycles. The van der Waals surface area contributed by atoms with E-state index in [1.54, 1.807) is 13.1 Å². The van der Waals surface area contributed by atoms with Gasteiger partial charge >= 0.3 is 6.18 Å². The second kappa shape index (κ2) is 11.7. The summed E-state index contributed by atoms with van der Waals surface area (Å²) in [5.74, 6) is 1.15. The molecular formula is C30H41F3N4O3. The van der Waals surface area contributed by atoms with E-state index in [0.29, 0.717) is 29.7 Å². The maximum absolute atomic E-state index is 13.0. The standard InChI is InChI=1S/C30H41F3N4O3/c1-18(13-30(31,32)33)10-27-34-15-26-28(36-27)25(20-2-6-23(38)7-3-20)14-35-29(26)40-24-11-21-4-5-22(12-24)37(21)16-19-8-9-39-17-19/h14-15,18-24,38H,2-13,16-17H2,1H3/t18-,19-,20?,21-,22+,23?,24?/m1/s1. The van der Waals surface area contributed by atoms with Crippen molar-refractivity contribution in [3.05, 3.63) is 23.8 Å². The molecule has 4 aliphatic rings. The lowest BCUT2D eigenvalue weighted by molar-refractivity contribution is -0.143. The van der Waals surface area contributed by atoms with E-state index >= 15 is 0 Å². The number of ether oxygens (including phenoxy) is 2. The Kier molecular flexibility index (Phi) is 8.21. The first-order valence-electron chi connectivity index (χ1n) is 15.1. The van der Waals surface area contributed by atoms with Gasteiger partial charge in [-0.1, -0.05) is 6.92 Å². The fraction of sp³-hybridized carbons (Fsp3) is 0.767. The largest absolute Gasteiger partial charge is 0.474 e. The highest BCUT2D eigenvalue weighted by Gasteiger charge is 2.43. The Hall–Kier alpha value is -2.04. The Balaban J connectivity index is 1.22.